The van der Waals surface area contributed by atoms with Crippen molar-refractivity contribution in [2.24, 2.45) is 17.8 Å². The average molecular weight is 1350 g/mol. The summed E-state index contributed by atoms with van der Waals surface area (Å²) in [6.45, 7) is 11.7. The van der Waals surface area contributed by atoms with E-state index in [0.29, 0.717) is 31.6 Å². The van der Waals surface area contributed by atoms with E-state index in [-0.39, 0.29) is 25.7 Å². The summed E-state index contributed by atoms with van der Waals surface area (Å²) in [6.07, 6.45) is 51.0. The van der Waals surface area contributed by atoms with E-state index in [1.54, 1.807) is 0 Å². The summed E-state index contributed by atoms with van der Waals surface area (Å²) in [6, 6.07) is 0. The van der Waals surface area contributed by atoms with Gasteiger partial charge in [0, 0.05) is 25.7 Å². The molecular weight excluding hydrogens is 1210 g/mol. The van der Waals surface area contributed by atoms with Crippen molar-refractivity contribution in [1.29, 1.82) is 0 Å². The maximum atomic E-state index is 13.0. The molecule has 3 N–H and O–H groups in total. The van der Waals surface area contributed by atoms with Crippen LogP contribution < -0.4 is 0 Å². The third kappa shape index (κ3) is 64.9. The lowest BCUT2D eigenvalue weighted by Gasteiger charge is -2.21. The minimum absolute atomic E-state index is 0.0837. The Balaban J connectivity index is 5.24. The topological polar surface area (TPSA) is 237 Å². The van der Waals surface area contributed by atoms with E-state index in [2.05, 4.69) is 72.8 Å². The monoisotopic (exact) mass is 1350 g/mol. The van der Waals surface area contributed by atoms with Crippen LogP contribution in [0.25, 0.3) is 0 Å². The number of rotatable bonds is 69. The average Bonchev–Trinajstić information content (AvgIpc) is 2.41. The van der Waals surface area contributed by atoms with E-state index in [1.807, 2.05) is 0 Å². The van der Waals surface area contributed by atoms with Gasteiger partial charge in [-0.2, -0.15) is 0 Å². The molecule has 0 saturated carbocycles. The number of aliphatic hydroxyl groups is 1. The number of carbonyl (C=O) groups excluding carboxylic acids is 4. The normalized spacial score (nSPS) is 14.6. The molecule has 0 amide bonds. The lowest BCUT2D eigenvalue weighted by molar-refractivity contribution is -0.161. The first-order valence-electron chi connectivity index (χ1n) is 37.2. The number of phosphoric acid groups is 2. The molecule has 0 aliphatic rings. The van der Waals surface area contributed by atoms with E-state index < -0.39 is 97.5 Å². The second kappa shape index (κ2) is 63.3. The Kier molecular flexibility index (Phi) is 61.6. The molecule has 0 aliphatic heterocycles. The zero-order valence-corrected chi connectivity index (χ0v) is 61.3. The molecule has 0 saturated heterocycles. The maximum absolute atomic E-state index is 13.0. The molecule has 0 heterocycles. The molecular formula is C73H138O17P2. The highest BCUT2D eigenvalue weighted by Gasteiger charge is 2.30. The molecule has 0 rings (SSSR count). The Bertz CT molecular complexity index is 1900. The Morgan fingerprint density at radius 2 is 0.641 bits per heavy atom. The first-order chi connectivity index (χ1) is 44.3. The number of unbranched alkanes of at least 4 members (excludes halogenated alkanes) is 33. The first-order valence-corrected chi connectivity index (χ1v) is 40.2. The van der Waals surface area contributed by atoms with E-state index in [4.69, 9.17) is 37.0 Å². The molecule has 0 fully saturated rings. The number of hydrogen-bond acceptors (Lipinski definition) is 15. The molecule has 0 aromatic carbocycles. The molecule has 92 heavy (non-hydrogen) atoms. The highest BCUT2D eigenvalue weighted by Crippen LogP contribution is 2.45. The lowest BCUT2D eigenvalue weighted by Crippen LogP contribution is -2.30. The van der Waals surface area contributed by atoms with Gasteiger partial charge in [0.05, 0.1) is 26.4 Å². The summed E-state index contributed by atoms with van der Waals surface area (Å²) in [5.41, 5.74) is 0. The van der Waals surface area contributed by atoms with Gasteiger partial charge in [0.15, 0.2) is 12.2 Å². The summed E-state index contributed by atoms with van der Waals surface area (Å²) in [7, 11) is -9.92. The number of carbonyl (C=O) groups is 4. The van der Waals surface area contributed by atoms with Crippen molar-refractivity contribution in [3.63, 3.8) is 0 Å². The molecule has 0 aromatic heterocycles. The van der Waals surface area contributed by atoms with Crippen LogP contribution in [0.1, 0.15) is 344 Å². The fraction of sp³-hybridized carbons (Fsp3) is 0.890. The van der Waals surface area contributed by atoms with Gasteiger partial charge >= 0.3 is 39.5 Å². The van der Waals surface area contributed by atoms with Gasteiger partial charge in [0.25, 0.3) is 0 Å². The van der Waals surface area contributed by atoms with Crippen LogP contribution in [-0.4, -0.2) is 96.7 Å². The fourth-order valence-electron chi connectivity index (χ4n) is 10.5. The molecule has 0 spiro atoms. The number of allylic oxidation sites excluding steroid dienone is 4. The standard InChI is InChI=1S/C73H138O17P2/c1-8-10-11-12-13-14-15-16-18-22-25-28-31-42-49-56-73(78)90-69(61-84-71(76)55-48-41-36-34-39-46-53-66(7)9-2)63-88-92(81,82)86-59-67(74)58-85-91(79,80)87-62-68(60-83-70(75)54-47-40-35-33-38-45-52-65(5)6)89-72(77)57-50-43-32-29-26-23-20-17-19-21-24-27-30-37-44-51-64(3)4/h14-16,18,64-69,74H,8-13,17,19-63H2,1-7H3,(H,79,80)(H,81,82)/b15-14-,18-16-/t66?,67-,68-,69-/m1/s1. The van der Waals surface area contributed by atoms with Gasteiger partial charge in [-0.3, -0.25) is 37.3 Å². The third-order valence-corrected chi connectivity index (χ3v) is 18.5. The van der Waals surface area contributed by atoms with Crippen LogP contribution in [0.15, 0.2) is 24.3 Å². The molecule has 542 valence electrons. The molecule has 17 nitrogen and oxygen atoms in total. The maximum Gasteiger partial charge on any atom is 0.472 e. The number of esters is 4. The zero-order valence-electron chi connectivity index (χ0n) is 59.5. The van der Waals surface area contributed by atoms with Gasteiger partial charge in [-0.05, 0) is 69.1 Å². The van der Waals surface area contributed by atoms with Crippen molar-refractivity contribution in [2.45, 2.75) is 362 Å². The van der Waals surface area contributed by atoms with Crippen LogP contribution in [0.3, 0.4) is 0 Å². The smallest absolute Gasteiger partial charge is 0.462 e. The molecule has 3 unspecified atom stereocenters. The van der Waals surface area contributed by atoms with Crippen LogP contribution in [0.2, 0.25) is 0 Å². The minimum atomic E-state index is -4.96. The van der Waals surface area contributed by atoms with Gasteiger partial charge in [-0.15, -0.1) is 0 Å². The number of ether oxygens (including phenoxy) is 4. The minimum Gasteiger partial charge on any atom is -0.462 e. The zero-order chi connectivity index (χ0) is 68.0. The van der Waals surface area contributed by atoms with E-state index in [1.165, 1.54) is 128 Å². The second-order valence-corrected chi connectivity index (χ2v) is 29.7. The number of phosphoric ester groups is 2. The molecule has 0 bridgehead atoms. The Morgan fingerprint density at radius 1 is 0.359 bits per heavy atom. The van der Waals surface area contributed by atoms with Crippen molar-refractivity contribution in [3.8, 4) is 0 Å². The SMILES string of the molecule is CCCCCC/C=C\C=C/CCCCCCCC(=O)O[C@H](COC(=O)CCCCCCCCC(C)CC)COP(=O)(O)OC[C@H](O)COP(=O)(O)OC[C@@H](COC(=O)CCCCCCCCC(C)C)OC(=O)CCCCCCCCCCCCCCCCCC(C)C. The van der Waals surface area contributed by atoms with Crippen LogP contribution in [-0.2, 0) is 65.4 Å². The summed E-state index contributed by atoms with van der Waals surface area (Å²) in [4.78, 5) is 72.6. The van der Waals surface area contributed by atoms with E-state index in [9.17, 15) is 43.2 Å². The molecule has 6 atom stereocenters. The quantitative estimate of drug-likeness (QED) is 0.0169. The predicted molar refractivity (Wildman–Crippen MR) is 372 cm³/mol. The van der Waals surface area contributed by atoms with Crippen molar-refractivity contribution in [3.05, 3.63) is 24.3 Å². The highest BCUT2D eigenvalue weighted by atomic mass is 31.2. The molecule has 19 heteroatoms. The van der Waals surface area contributed by atoms with Gasteiger partial charge < -0.3 is 33.8 Å². The number of hydrogen-bond donors (Lipinski definition) is 3. The Hall–Kier alpha value is -2.46. The Labute approximate surface area is 561 Å². The van der Waals surface area contributed by atoms with E-state index in [0.717, 1.165) is 127 Å². The highest BCUT2D eigenvalue weighted by molar-refractivity contribution is 7.47. The largest absolute Gasteiger partial charge is 0.472 e. The van der Waals surface area contributed by atoms with Gasteiger partial charge in [0.2, 0.25) is 0 Å². The first kappa shape index (κ1) is 89.5. The van der Waals surface area contributed by atoms with Crippen molar-refractivity contribution in [1.82, 2.24) is 0 Å². The van der Waals surface area contributed by atoms with Crippen molar-refractivity contribution < 1.29 is 80.2 Å². The Morgan fingerprint density at radius 3 is 0.967 bits per heavy atom. The summed E-state index contributed by atoms with van der Waals surface area (Å²) >= 11 is 0. The van der Waals surface area contributed by atoms with Gasteiger partial charge in [-0.25, -0.2) is 9.13 Å². The molecule has 0 aliphatic carbocycles. The van der Waals surface area contributed by atoms with Crippen LogP contribution in [0, 0.1) is 17.8 Å². The fourth-order valence-corrected chi connectivity index (χ4v) is 12.1. The molecule has 0 aromatic rings. The van der Waals surface area contributed by atoms with Crippen LogP contribution in [0.4, 0.5) is 0 Å². The van der Waals surface area contributed by atoms with Crippen LogP contribution >= 0.6 is 15.6 Å². The summed E-state index contributed by atoms with van der Waals surface area (Å²) in [5.74, 6) is 0.0497. The predicted octanol–water partition coefficient (Wildman–Crippen LogP) is 20.6. The lowest BCUT2D eigenvalue weighted by atomic mass is 10.00. The van der Waals surface area contributed by atoms with Gasteiger partial charge in [0.1, 0.15) is 19.3 Å². The molecule has 0 radical (unpaired) electrons. The van der Waals surface area contributed by atoms with Crippen LogP contribution in [0.5, 0.6) is 0 Å². The van der Waals surface area contributed by atoms with Crippen molar-refractivity contribution >= 4 is 39.5 Å². The van der Waals surface area contributed by atoms with E-state index >= 15 is 0 Å². The third-order valence-electron chi connectivity index (χ3n) is 16.6. The summed E-state index contributed by atoms with van der Waals surface area (Å²) < 4.78 is 68.3. The van der Waals surface area contributed by atoms with Crippen molar-refractivity contribution in [2.75, 3.05) is 39.6 Å². The second-order valence-electron chi connectivity index (χ2n) is 26.8. The summed E-state index contributed by atoms with van der Waals surface area (Å²) in [5, 5.41) is 10.6. The van der Waals surface area contributed by atoms with Gasteiger partial charge in [-0.1, -0.05) is 291 Å². The number of aliphatic hydroxyl groups excluding tert-OH is 1.